The second-order valence-electron chi connectivity index (χ2n) is 6.55. The van der Waals surface area contributed by atoms with E-state index >= 15 is 0 Å². The summed E-state index contributed by atoms with van der Waals surface area (Å²) in [5, 5.41) is 0.680. The molecule has 0 spiro atoms. The highest BCUT2D eigenvalue weighted by molar-refractivity contribution is 6.31. The first-order valence-corrected chi connectivity index (χ1v) is 9.91. The van der Waals surface area contributed by atoms with Crippen LogP contribution in [0.4, 0.5) is 36.8 Å². The van der Waals surface area contributed by atoms with E-state index in [1.807, 2.05) is 0 Å². The third kappa shape index (κ3) is 7.71. The summed E-state index contributed by atoms with van der Waals surface area (Å²) in [4.78, 5) is 23.3. The van der Waals surface area contributed by atoms with Gasteiger partial charge in [0.1, 0.15) is 5.75 Å². The van der Waals surface area contributed by atoms with Crippen LogP contribution < -0.4 is 10.1 Å². The van der Waals surface area contributed by atoms with Crippen LogP contribution in [0.15, 0.2) is 36.4 Å². The van der Waals surface area contributed by atoms with Crippen molar-refractivity contribution in [1.29, 1.82) is 0 Å². The van der Waals surface area contributed by atoms with Gasteiger partial charge in [-0.15, -0.1) is 0 Å². The number of anilines is 1. The summed E-state index contributed by atoms with van der Waals surface area (Å²) >= 11 is 5.73. The predicted octanol–water partition coefficient (Wildman–Crippen LogP) is 6.13. The van der Waals surface area contributed by atoms with Crippen molar-refractivity contribution in [3.63, 3.8) is 0 Å². The van der Waals surface area contributed by atoms with Gasteiger partial charge in [-0.25, -0.2) is 4.79 Å². The molecule has 1 amide bonds. The van der Waals surface area contributed by atoms with E-state index in [1.54, 1.807) is 6.07 Å². The number of carbonyl (C=O) groups excluding carboxylic acids is 2. The van der Waals surface area contributed by atoms with E-state index in [0.717, 1.165) is 6.07 Å². The van der Waals surface area contributed by atoms with Gasteiger partial charge >= 0.3 is 24.4 Å². The highest BCUT2D eigenvalue weighted by Gasteiger charge is 2.42. The summed E-state index contributed by atoms with van der Waals surface area (Å²) in [6.07, 6.45) is -13.3. The van der Waals surface area contributed by atoms with Crippen LogP contribution in [0.3, 0.4) is 0 Å². The number of rotatable bonds is 5. The van der Waals surface area contributed by atoms with E-state index in [-0.39, 0.29) is 12.2 Å². The minimum atomic E-state index is -5.48. The Morgan fingerprint density at radius 2 is 1.80 bits per heavy atom. The van der Waals surface area contributed by atoms with Crippen LogP contribution in [-0.2, 0) is 20.4 Å². The van der Waals surface area contributed by atoms with Gasteiger partial charge in [-0.1, -0.05) is 29.7 Å². The molecule has 2 aromatic carbocycles. The van der Waals surface area contributed by atoms with Gasteiger partial charge in [0.25, 0.3) is 0 Å². The van der Waals surface area contributed by atoms with Gasteiger partial charge in [-0.05, 0) is 37.1 Å². The summed E-state index contributed by atoms with van der Waals surface area (Å²) in [5.41, 5.74) is -3.42. The SMILES string of the molecule is CCOC(=O)OC(C#Cc1cc(Cl)cc(C(F)(F)F)c1NC(=O)C(F)(F)F)c1cccc(OC)c1. The predicted molar refractivity (Wildman–Crippen MR) is 112 cm³/mol. The number of amides is 1. The second kappa shape index (κ2) is 11.2. The van der Waals surface area contributed by atoms with Crippen molar-refractivity contribution < 1.29 is 50.1 Å². The molecule has 6 nitrogen and oxygen atoms in total. The molecule has 1 unspecified atom stereocenters. The van der Waals surface area contributed by atoms with Crippen molar-refractivity contribution in [1.82, 2.24) is 0 Å². The summed E-state index contributed by atoms with van der Waals surface area (Å²) in [5.74, 6) is 2.25. The number of hydrogen-bond acceptors (Lipinski definition) is 5. The van der Waals surface area contributed by atoms with Crippen LogP contribution in [-0.4, -0.2) is 32.0 Å². The molecule has 35 heavy (non-hydrogen) atoms. The lowest BCUT2D eigenvalue weighted by Gasteiger charge is -2.17. The van der Waals surface area contributed by atoms with E-state index in [4.69, 9.17) is 21.1 Å². The van der Waals surface area contributed by atoms with Crippen LogP contribution >= 0.6 is 11.6 Å². The van der Waals surface area contributed by atoms with Crippen LogP contribution in [0.2, 0.25) is 5.02 Å². The van der Waals surface area contributed by atoms with Gasteiger partial charge in [0.2, 0.25) is 0 Å². The standard InChI is InChI=1S/C22H16ClF6NO5/c1-3-34-20(32)35-17(12-5-4-6-15(10-12)33-2)8-7-13-9-14(23)11-16(21(24,25)26)18(13)30-19(31)22(27,28)29/h4-6,9-11,17H,3H2,1-2H3,(H,30,31). The molecule has 0 heterocycles. The normalized spacial score (nSPS) is 12.1. The molecule has 0 bridgehead atoms. The highest BCUT2D eigenvalue weighted by Crippen LogP contribution is 2.39. The molecule has 13 heteroatoms. The van der Waals surface area contributed by atoms with Crippen LogP contribution in [0.25, 0.3) is 0 Å². The summed E-state index contributed by atoms with van der Waals surface area (Å²) in [6, 6.07) is 7.08. The lowest BCUT2D eigenvalue weighted by atomic mass is 10.0. The fraction of sp³-hybridized carbons (Fsp3) is 0.273. The molecule has 1 N–H and O–H groups in total. The first-order chi connectivity index (χ1) is 16.3. The number of methoxy groups -OCH3 is 1. The molecule has 1 atom stereocenters. The minimum Gasteiger partial charge on any atom is -0.497 e. The number of carbonyl (C=O) groups is 2. The van der Waals surface area contributed by atoms with Gasteiger partial charge in [0.05, 0.1) is 30.5 Å². The summed E-state index contributed by atoms with van der Waals surface area (Å²) in [7, 11) is 1.35. The molecule has 0 saturated heterocycles. The van der Waals surface area contributed by atoms with Crippen molar-refractivity contribution in [3.8, 4) is 17.6 Å². The first-order valence-electron chi connectivity index (χ1n) is 9.54. The molecular formula is C22H16ClF6NO5. The van der Waals surface area contributed by atoms with E-state index in [0.29, 0.717) is 11.8 Å². The third-order valence-electron chi connectivity index (χ3n) is 4.12. The first kappa shape index (κ1) is 27.7. The zero-order valence-electron chi connectivity index (χ0n) is 17.9. The Kier molecular flexibility index (Phi) is 8.87. The fourth-order valence-electron chi connectivity index (χ4n) is 2.62. The Labute approximate surface area is 200 Å². The topological polar surface area (TPSA) is 73.9 Å². The van der Waals surface area contributed by atoms with Crippen molar-refractivity contribution >= 4 is 29.4 Å². The van der Waals surface area contributed by atoms with Gasteiger partial charge < -0.3 is 19.5 Å². The van der Waals surface area contributed by atoms with Crippen molar-refractivity contribution in [2.45, 2.75) is 25.4 Å². The maximum atomic E-state index is 13.5. The van der Waals surface area contributed by atoms with Crippen LogP contribution in [0.1, 0.15) is 29.7 Å². The second-order valence-corrected chi connectivity index (χ2v) is 6.99. The average molecular weight is 524 g/mol. The Morgan fingerprint density at radius 1 is 1.11 bits per heavy atom. The number of alkyl halides is 6. The van der Waals surface area contributed by atoms with Gasteiger partial charge in [0.15, 0.2) is 6.10 Å². The smallest absolute Gasteiger partial charge is 0.497 e. The van der Waals surface area contributed by atoms with Crippen molar-refractivity contribution in [2.75, 3.05) is 19.0 Å². The Bertz CT molecular complexity index is 1150. The Balaban J connectivity index is 2.65. The number of halogens is 7. The fourth-order valence-corrected chi connectivity index (χ4v) is 2.84. The van der Waals surface area contributed by atoms with Crippen molar-refractivity contribution in [3.05, 3.63) is 58.1 Å². The van der Waals surface area contributed by atoms with Gasteiger partial charge in [-0.2, -0.15) is 26.3 Å². The number of nitrogens with one attached hydrogen (secondary N) is 1. The summed E-state index contributed by atoms with van der Waals surface area (Å²) in [6.45, 7) is 1.43. The van der Waals surface area contributed by atoms with E-state index < -0.39 is 52.4 Å². The lowest BCUT2D eigenvalue weighted by molar-refractivity contribution is -0.167. The molecule has 0 aromatic heterocycles. The van der Waals surface area contributed by atoms with E-state index in [9.17, 15) is 35.9 Å². The molecule has 0 saturated carbocycles. The largest absolute Gasteiger partial charge is 0.509 e. The third-order valence-corrected chi connectivity index (χ3v) is 4.33. The highest BCUT2D eigenvalue weighted by atomic mass is 35.5. The van der Waals surface area contributed by atoms with Crippen molar-refractivity contribution in [2.24, 2.45) is 0 Å². The minimum absolute atomic E-state index is 0.0616. The number of hydrogen-bond donors (Lipinski definition) is 1. The lowest BCUT2D eigenvalue weighted by Crippen LogP contribution is -2.31. The molecule has 0 radical (unpaired) electrons. The van der Waals surface area contributed by atoms with Gasteiger partial charge in [-0.3, -0.25) is 4.79 Å². The Morgan fingerprint density at radius 3 is 2.37 bits per heavy atom. The maximum Gasteiger partial charge on any atom is 0.509 e. The molecule has 2 rings (SSSR count). The average Bonchev–Trinajstić information content (AvgIpc) is 2.76. The maximum absolute atomic E-state index is 13.5. The molecule has 2 aromatic rings. The van der Waals surface area contributed by atoms with Gasteiger partial charge in [0, 0.05) is 10.6 Å². The molecular weight excluding hydrogens is 508 g/mol. The molecule has 0 fully saturated rings. The Hall–Kier alpha value is -3.59. The summed E-state index contributed by atoms with van der Waals surface area (Å²) < 4.78 is 93.7. The zero-order chi connectivity index (χ0) is 26.4. The molecule has 0 aliphatic carbocycles. The zero-order valence-corrected chi connectivity index (χ0v) is 18.7. The van der Waals surface area contributed by atoms with E-state index in [1.165, 1.54) is 37.5 Å². The number of benzene rings is 2. The molecule has 188 valence electrons. The number of ether oxygens (including phenoxy) is 3. The quantitative estimate of drug-likeness (QED) is 0.290. The molecule has 0 aliphatic rings. The van der Waals surface area contributed by atoms with Crippen LogP contribution in [0, 0.1) is 11.8 Å². The van der Waals surface area contributed by atoms with Crippen LogP contribution in [0.5, 0.6) is 5.75 Å². The monoisotopic (exact) mass is 523 g/mol. The van der Waals surface area contributed by atoms with E-state index in [2.05, 4.69) is 16.6 Å². The molecule has 0 aliphatic heterocycles.